The third-order valence-electron chi connectivity index (χ3n) is 13.9. The van der Waals surface area contributed by atoms with Crippen LogP contribution in [0, 0.1) is 5.92 Å². The molecule has 2 atom stereocenters. The second kappa shape index (κ2) is 17.4. The van der Waals surface area contributed by atoms with Crippen LogP contribution in [-0.2, 0) is 36.1 Å². The van der Waals surface area contributed by atoms with Crippen LogP contribution in [0.2, 0.25) is 0 Å². The highest BCUT2D eigenvalue weighted by molar-refractivity contribution is 6.06. The molecule has 16 nitrogen and oxygen atoms in total. The van der Waals surface area contributed by atoms with Crippen LogP contribution in [0.25, 0.3) is 11.1 Å². The molecular weight excluding hydrogens is 793 g/mol. The number of benzene rings is 2. The highest BCUT2D eigenvalue weighted by atomic mass is 16.5. The predicted molar refractivity (Wildman–Crippen MR) is 233 cm³/mol. The molecule has 5 aliphatic heterocycles. The van der Waals surface area contributed by atoms with Gasteiger partial charge in [-0.3, -0.25) is 39.2 Å². The third-order valence-corrected chi connectivity index (χ3v) is 13.9. The van der Waals surface area contributed by atoms with Crippen LogP contribution in [0.3, 0.4) is 0 Å². The zero-order valence-corrected chi connectivity index (χ0v) is 36.8. The Morgan fingerprint density at radius 1 is 0.919 bits per heavy atom. The van der Waals surface area contributed by atoms with Gasteiger partial charge in [-0.2, -0.15) is 0 Å². The standard InChI is InChI=1S/C46H60N8O8/c1-46(2)27-50(25-36-38(61-5)21-29(22-39(36)62-6)34-24-49(4)42(57)35-26-52(45(60)47-3)17-14-31(34)35)19-20-53(46)18-13-28-11-15-51(16-12-28)30-7-8-32-33(23-30)44(59)54(43(32)58)37-9-10-40(55)48-41(37)56/h7-8,21-24,28,37,43,58H,9-20,25-27H2,1-6H3,(H,47,60)(H,48,55,56). The largest absolute Gasteiger partial charge is 0.496 e. The molecule has 5 aliphatic rings. The number of nitrogens with zero attached hydrogens (tertiary/aromatic N) is 6. The minimum absolute atomic E-state index is 0.0565. The molecule has 3 fully saturated rings. The van der Waals surface area contributed by atoms with Crippen molar-refractivity contribution in [2.45, 2.75) is 83.3 Å². The summed E-state index contributed by atoms with van der Waals surface area (Å²) in [5.41, 5.74) is 6.09. The zero-order valence-electron chi connectivity index (χ0n) is 36.8. The lowest BCUT2D eigenvalue weighted by Crippen LogP contribution is -2.59. The van der Waals surface area contributed by atoms with Crippen LogP contribution in [-0.4, -0.2) is 132 Å². The monoisotopic (exact) mass is 852 g/mol. The number of pyridine rings is 1. The first-order valence-electron chi connectivity index (χ1n) is 21.8. The average Bonchev–Trinajstić information content (AvgIpc) is 3.51. The molecule has 2 unspecified atom stereocenters. The Morgan fingerprint density at radius 3 is 2.31 bits per heavy atom. The Hall–Kier alpha value is -5.45. The second-order valence-electron chi connectivity index (χ2n) is 18.1. The molecule has 0 aliphatic carbocycles. The molecule has 6 heterocycles. The first-order valence-corrected chi connectivity index (χ1v) is 21.8. The minimum atomic E-state index is -1.22. The topological polar surface area (TPSA) is 169 Å². The molecule has 2 aromatic carbocycles. The number of carbonyl (C=O) groups is 4. The molecule has 0 bridgehead atoms. The molecule has 1 aromatic heterocycles. The molecular formula is C46H60N8O8. The number of hydrogen-bond donors (Lipinski definition) is 3. The Bertz CT molecular complexity index is 2290. The Kier molecular flexibility index (Phi) is 12.1. The summed E-state index contributed by atoms with van der Waals surface area (Å²) in [5, 5.41) is 16.0. The normalized spacial score (nSPS) is 22.0. The summed E-state index contributed by atoms with van der Waals surface area (Å²) >= 11 is 0. The number of piperazine rings is 1. The summed E-state index contributed by atoms with van der Waals surface area (Å²) in [6, 6.07) is 8.61. The molecule has 0 saturated carbocycles. The number of aliphatic hydroxyl groups excluding tert-OH is 1. The van der Waals surface area contributed by atoms with Crippen LogP contribution in [0.15, 0.2) is 41.3 Å². The van der Waals surface area contributed by atoms with Crippen molar-refractivity contribution in [2.24, 2.45) is 13.0 Å². The molecule has 3 saturated heterocycles. The maximum absolute atomic E-state index is 13.5. The number of aromatic nitrogens is 1. The molecule has 5 amide bonds. The van der Waals surface area contributed by atoms with Crippen molar-refractivity contribution in [1.29, 1.82) is 0 Å². The van der Waals surface area contributed by atoms with E-state index < -0.39 is 18.2 Å². The van der Waals surface area contributed by atoms with E-state index >= 15 is 0 Å². The Morgan fingerprint density at radius 2 is 1.65 bits per heavy atom. The Balaban J connectivity index is 0.870. The van der Waals surface area contributed by atoms with E-state index in [1.165, 1.54) is 4.90 Å². The summed E-state index contributed by atoms with van der Waals surface area (Å²) in [6.45, 7) is 11.6. The van der Waals surface area contributed by atoms with Crippen molar-refractivity contribution in [3.8, 4) is 22.6 Å². The number of piperidine rings is 2. The molecule has 16 heteroatoms. The van der Waals surface area contributed by atoms with E-state index in [-0.39, 0.29) is 48.3 Å². The average molecular weight is 853 g/mol. The van der Waals surface area contributed by atoms with Gasteiger partial charge in [0.05, 0.1) is 26.3 Å². The summed E-state index contributed by atoms with van der Waals surface area (Å²) in [6.07, 6.45) is 4.75. The van der Waals surface area contributed by atoms with Gasteiger partial charge in [0, 0.05) is 106 Å². The lowest BCUT2D eigenvalue weighted by atomic mass is 9.90. The van der Waals surface area contributed by atoms with Crippen molar-refractivity contribution >= 4 is 29.4 Å². The number of aliphatic hydroxyl groups is 1. The molecule has 3 aromatic rings. The smallest absolute Gasteiger partial charge is 0.317 e. The summed E-state index contributed by atoms with van der Waals surface area (Å²) in [7, 11) is 6.71. The number of anilines is 1. The maximum Gasteiger partial charge on any atom is 0.317 e. The van der Waals surface area contributed by atoms with Crippen molar-refractivity contribution < 1.29 is 33.8 Å². The van der Waals surface area contributed by atoms with E-state index in [1.54, 1.807) is 43.8 Å². The zero-order chi connectivity index (χ0) is 44.0. The lowest BCUT2D eigenvalue weighted by Gasteiger charge is -2.48. The van der Waals surface area contributed by atoms with Crippen LogP contribution < -0.4 is 30.6 Å². The molecule has 0 spiro atoms. The summed E-state index contributed by atoms with van der Waals surface area (Å²) in [5.74, 6) is 0.756. The van der Waals surface area contributed by atoms with Gasteiger partial charge in [-0.05, 0) is 93.8 Å². The molecule has 62 heavy (non-hydrogen) atoms. The summed E-state index contributed by atoms with van der Waals surface area (Å²) < 4.78 is 13.6. The van der Waals surface area contributed by atoms with Crippen LogP contribution in [0.5, 0.6) is 11.5 Å². The number of carbonyl (C=O) groups excluding carboxylic acids is 4. The van der Waals surface area contributed by atoms with Gasteiger partial charge in [0.2, 0.25) is 11.8 Å². The van der Waals surface area contributed by atoms with Gasteiger partial charge in [0.1, 0.15) is 17.5 Å². The van der Waals surface area contributed by atoms with Gasteiger partial charge in [-0.25, -0.2) is 4.79 Å². The van der Waals surface area contributed by atoms with Gasteiger partial charge in [-0.1, -0.05) is 6.07 Å². The third kappa shape index (κ3) is 8.15. The van der Waals surface area contributed by atoms with Gasteiger partial charge >= 0.3 is 6.03 Å². The molecule has 0 radical (unpaired) electrons. The van der Waals surface area contributed by atoms with Gasteiger partial charge in [0.25, 0.3) is 11.5 Å². The van der Waals surface area contributed by atoms with E-state index in [0.29, 0.717) is 42.1 Å². The fourth-order valence-electron chi connectivity index (χ4n) is 10.4. The van der Waals surface area contributed by atoms with E-state index in [1.807, 2.05) is 30.5 Å². The second-order valence-corrected chi connectivity index (χ2v) is 18.1. The van der Waals surface area contributed by atoms with Crippen LogP contribution in [0.1, 0.15) is 84.8 Å². The van der Waals surface area contributed by atoms with Gasteiger partial charge in [-0.15, -0.1) is 0 Å². The number of rotatable bonds is 10. The number of amides is 5. The lowest BCUT2D eigenvalue weighted by molar-refractivity contribution is -0.139. The number of methoxy groups -OCH3 is 2. The molecule has 3 N–H and O–H groups in total. The number of hydrogen-bond acceptors (Lipinski definition) is 11. The number of nitrogens with one attached hydrogen (secondary N) is 2. The fourth-order valence-corrected chi connectivity index (χ4v) is 10.4. The first kappa shape index (κ1) is 43.2. The van der Waals surface area contributed by atoms with Crippen LogP contribution >= 0.6 is 0 Å². The first-order chi connectivity index (χ1) is 29.7. The minimum Gasteiger partial charge on any atom is -0.496 e. The Labute approximate surface area is 362 Å². The predicted octanol–water partition coefficient (Wildman–Crippen LogP) is 3.22. The highest BCUT2D eigenvalue weighted by Gasteiger charge is 2.45. The fraction of sp³-hybridized carbons (Fsp3) is 0.543. The van der Waals surface area contributed by atoms with Gasteiger partial charge in [0.15, 0.2) is 6.23 Å². The van der Waals surface area contributed by atoms with Crippen molar-refractivity contribution in [2.75, 3.05) is 72.0 Å². The van der Waals surface area contributed by atoms with E-state index in [4.69, 9.17) is 9.47 Å². The van der Waals surface area contributed by atoms with Crippen molar-refractivity contribution in [3.63, 3.8) is 0 Å². The van der Waals surface area contributed by atoms with E-state index in [9.17, 15) is 29.1 Å². The number of imide groups is 1. The highest BCUT2D eigenvalue weighted by Crippen LogP contribution is 2.40. The molecule has 332 valence electrons. The SMILES string of the molecule is CNC(=O)N1CCc2c(-c3cc(OC)c(CN4CCN(CCC5CCN(c6ccc7c(c6)C(=O)N(C6CCC(=O)NC6=O)C7O)CC5)C(C)(C)C4)c(OC)c3)cn(C)c(=O)c2C1. The number of aryl methyl sites for hydroxylation is 1. The maximum atomic E-state index is 13.5. The van der Waals surface area contributed by atoms with Gasteiger partial charge < -0.3 is 34.3 Å². The van der Waals surface area contributed by atoms with Crippen molar-refractivity contribution in [1.82, 2.24) is 34.8 Å². The number of urea groups is 1. The number of ether oxygens (including phenoxy) is 2. The molecule has 8 rings (SSSR count). The van der Waals surface area contributed by atoms with Crippen LogP contribution in [0.4, 0.5) is 10.5 Å². The van der Waals surface area contributed by atoms with E-state index in [0.717, 1.165) is 98.0 Å². The van der Waals surface area contributed by atoms with E-state index in [2.05, 4.69) is 39.2 Å². The quantitative estimate of drug-likeness (QED) is 0.256. The number of fused-ring (bicyclic) bond motifs is 2. The van der Waals surface area contributed by atoms with Crippen molar-refractivity contribution in [3.05, 3.63) is 74.7 Å². The summed E-state index contributed by atoms with van der Waals surface area (Å²) in [4.78, 5) is 73.7.